The van der Waals surface area contributed by atoms with Crippen LogP contribution >= 0.6 is 22.7 Å². The number of benzene rings is 2. The van der Waals surface area contributed by atoms with Crippen LogP contribution in [0.15, 0.2) is 95.7 Å². The van der Waals surface area contributed by atoms with Gasteiger partial charge in [-0.25, -0.2) is 0 Å². The van der Waals surface area contributed by atoms with E-state index < -0.39 is 72.4 Å². The molecule has 57 heavy (non-hydrogen) atoms. The lowest BCUT2D eigenvalue weighted by Gasteiger charge is -2.27. The molecule has 4 heterocycles. The van der Waals surface area contributed by atoms with Gasteiger partial charge in [0.25, 0.3) is 0 Å². The number of hydrogen-bond acceptors (Lipinski definition) is 12. The molecule has 0 spiro atoms. The number of thiophene rings is 2. The third-order valence-corrected chi connectivity index (χ3v) is 12.3. The Morgan fingerprint density at radius 3 is 1.37 bits per heavy atom. The van der Waals surface area contributed by atoms with Gasteiger partial charge in [0.1, 0.15) is 36.6 Å². The number of nitro groups is 2. The first-order valence-electron chi connectivity index (χ1n) is 19.1. The summed E-state index contributed by atoms with van der Waals surface area (Å²) in [5.41, 5.74) is 1.43. The molecule has 6 rings (SSSR count). The standard InChI is InChI=1S/C40H48BN6O8S2/c1-23(2)21-29(42-39(48)35-31(27-17-11-19-56-27)37(46(50)51)33(44-35)25-13-7-5-8-14-25)54-41-55-30(22-24(3)4)43-40(49)36-32(28-18-12-20-57-28)38(47(52)53)34(45-36)26-15-9-6-10-16-26/h5-20,23-24,29-38,44-45H,21-22H2,1-4H3,(H,42,48)(H,43,49). The first-order chi connectivity index (χ1) is 27.4. The Kier molecular flexibility index (Phi) is 14.2. The van der Waals surface area contributed by atoms with Gasteiger partial charge in [-0.05, 0) is 58.7 Å². The summed E-state index contributed by atoms with van der Waals surface area (Å²) >= 11 is 2.74. The average molecular weight is 816 g/mol. The lowest BCUT2D eigenvalue weighted by Crippen LogP contribution is -2.51. The van der Waals surface area contributed by atoms with Crippen LogP contribution in [-0.2, 0) is 18.9 Å². The van der Waals surface area contributed by atoms with Gasteiger partial charge in [0, 0.05) is 19.6 Å². The van der Waals surface area contributed by atoms with Crippen LogP contribution in [0.25, 0.3) is 0 Å². The molecule has 0 bridgehead atoms. The van der Waals surface area contributed by atoms with Gasteiger partial charge in [-0.3, -0.25) is 40.5 Å². The van der Waals surface area contributed by atoms with E-state index in [0.29, 0.717) is 24.0 Å². The summed E-state index contributed by atoms with van der Waals surface area (Å²) in [7, 11) is 1.11. The molecule has 2 aromatic heterocycles. The molecule has 2 aromatic carbocycles. The molecule has 2 fully saturated rings. The van der Waals surface area contributed by atoms with Crippen LogP contribution < -0.4 is 21.3 Å². The minimum Gasteiger partial charge on any atom is -0.393 e. The number of hydrogen-bond donors (Lipinski definition) is 4. The number of carbonyl (C=O) groups excluding carboxylic acids is 2. The maximum atomic E-state index is 14.1. The summed E-state index contributed by atoms with van der Waals surface area (Å²) < 4.78 is 12.0. The zero-order valence-electron chi connectivity index (χ0n) is 32.1. The fourth-order valence-corrected chi connectivity index (χ4v) is 9.74. The Bertz CT molecular complexity index is 1790. The van der Waals surface area contributed by atoms with Gasteiger partial charge >= 0.3 is 7.69 Å². The van der Waals surface area contributed by atoms with Gasteiger partial charge in [-0.1, -0.05) is 100 Å². The molecule has 2 aliphatic rings. The molecule has 10 unspecified atom stereocenters. The molecule has 17 heteroatoms. The molecule has 14 nitrogen and oxygen atoms in total. The SMILES string of the molecule is CC(C)CC(NC(=O)C1NC(c2ccccc2)C([N+](=O)[O-])C1c1cccs1)O[B]OC(CC(C)C)NC(=O)C1NC(c2ccccc2)C([N+](=O)[O-])C1c1cccs1. The van der Waals surface area contributed by atoms with Crippen LogP contribution in [0.3, 0.4) is 0 Å². The Labute approximate surface area is 340 Å². The lowest BCUT2D eigenvalue weighted by molar-refractivity contribution is -0.527. The van der Waals surface area contributed by atoms with Crippen LogP contribution in [0.4, 0.5) is 0 Å². The molecule has 301 valence electrons. The molecule has 2 amide bonds. The minimum absolute atomic E-state index is 0.0813. The van der Waals surface area contributed by atoms with E-state index >= 15 is 0 Å². The second kappa shape index (κ2) is 19.3. The number of nitrogens with one attached hydrogen (secondary N) is 4. The molecule has 10 atom stereocenters. The Balaban J connectivity index is 1.16. The molecule has 4 aromatic rings. The minimum atomic E-state index is -1.10. The van der Waals surface area contributed by atoms with Crippen molar-refractivity contribution in [2.75, 3.05) is 0 Å². The summed E-state index contributed by atoms with van der Waals surface area (Å²) in [6, 6.07) is 20.0. The van der Waals surface area contributed by atoms with E-state index in [0.717, 1.165) is 17.4 Å². The van der Waals surface area contributed by atoms with Crippen LogP contribution in [0, 0.1) is 32.1 Å². The number of rotatable bonds is 18. The van der Waals surface area contributed by atoms with Crippen molar-refractivity contribution in [3.63, 3.8) is 0 Å². The van der Waals surface area contributed by atoms with Gasteiger partial charge in [0.15, 0.2) is 0 Å². The van der Waals surface area contributed by atoms with Gasteiger partial charge in [-0.2, -0.15) is 0 Å². The van der Waals surface area contributed by atoms with Crippen LogP contribution in [0.2, 0.25) is 0 Å². The second-order valence-electron chi connectivity index (χ2n) is 15.3. The summed E-state index contributed by atoms with van der Waals surface area (Å²) in [5, 5.41) is 41.4. The van der Waals surface area contributed by atoms with Gasteiger partial charge < -0.3 is 19.9 Å². The summed E-state index contributed by atoms with van der Waals surface area (Å²) in [6.07, 6.45) is -0.949. The van der Waals surface area contributed by atoms with E-state index in [9.17, 15) is 29.8 Å². The predicted octanol–water partition coefficient (Wildman–Crippen LogP) is 5.94. The molecule has 2 aliphatic heterocycles. The van der Waals surface area contributed by atoms with E-state index in [4.69, 9.17) is 9.31 Å². The fraction of sp³-hybridized carbons (Fsp3) is 0.450. The van der Waals surface area contributed by atoms with E-state index in [1.807, 2.05) is 123 Å². The number of carbonyl (C=O) groups is 2. The highest BCUT2D eigenvalue weighted by Crippen LogP contribution is 2.43. The van der Waals surface area contributed by atoms with E-state index in [1.165, 1.54) is 22.7 Å². The molecule has 0 aliphatic carbocycles. The first-order valence-corrected chi connectivity index (χ1v) is 20.9. The molecule has 1 radical (unpaired) electrons. The molecule has 0 saturated carbocycles. The molecular weight excluding hydrogens is 767 g/mol. The largest absolute Gasteiger partial charge is 0.491 e. The fourth-order valence-electron chi connectivity index (χ4n) is 7.93. The van der Waals surface area contributed by atoms with Crippen molar-refractivity contribution in [3.05, 3.63) is 137 Å². The maximum Gasteiger partial charge on any atom is 0.491 e. The topological polar surface area (TPSA) is 187 Å². The van der Waals surface area contributed by atoms with Crippen LogP contribution in [-0.4, -0.2) is 66.0 Å². The average Bonchev–Trinajstić information content (AvgIpc) is 4.00. The third kappa shape index (κ3) is 10.1. The van der Waals surface area contributed by atoms with Crippen molar-refractivity contribution >= 4 is 42.2 Å². The highest BCUT2D eigenvalue weighted by Gasteiger charge is 2.56. The highest BCUT2D eigenvalue weighted by molar-refractivity contribution is 7.10. The highest BCUT2D eigenvalue weighted by atomic mass is 32.1. The molecular formula is C40H48BN6O8S2. The Morgan fingerprint density at radius 1 is 0.667 bits per heavy atom. The maximum absolute atomic E-state index is 14.1. The summed E-state index contributed by atoms with van der Waals surface area (Å²) in [6.45, 7) is 7.89. The van der Waals surface area contributed by atoms with Gasteiger partial charge in [-0.15, -0.1) is 22.7 Å². The van der Waals surface area contributed by atoms with Crippen molar-refractivity contribution in [1.82, 2.24) is 21.3 Å². The Hall–Kier alpha value is -4.52. The van der Waals surface area contributed by atoms with Crippen molar-refractivity contribution in [2.24, 2.45) is 11.8 Å². The summed E-state index contributed by atoms with van der Waals surface area (Å²) in [5.74, 6) is -2.23. The smallest absolute Gasteiger partial charge is 0.393 e. The monoisotopic (exact) mass is 815 g/mol. The van der Waals surface area contributed by atoms with Crippen molar-refractivity contribution in [1.29, 1.82) is 0 Å². The van der Waals surface area contributed by atoms with Crippen molar-refractivity contribution in [3.8, 4) is 0 Å². The number of amides is 2. The second-order valence-corrected chi connectivity index (χ2v) is 17.3. The normalized spacial score (nSPS) is 25.6. The lowest BCUT2D eigenvalue weighted by atomic mass is 9.89. The quantitative estimate of drug-likeness (QED) is 0.0406. The zero-order valence-corrected chi connectivity index (χ0v) is 33.8. The Morgan fingerprint density at radius 2 is 1.05 bits per heavy atom. The van der Waals surface area contributed by atoms with Crippen molar-refractivity contribution < 1.29 is 28.7 Å². The predicted molar refractivity (Wildman–Crippen MR) is 219 cm³/mol. The zero-order chi connectivity index (χ0) is 40.6. The van der Waals surface area contributed by atoms with Gasteiger partial charge in [0.05, 0.1) is 11.8 Å². The van der Waals surface area contributed by atoms with Crippen molar-refractivity contribution in [2.45, 2.75) is 101 Å². The van der Waals surface area contributed by atoms with E-state index in [2.05, 4.69) is 21.3 Å². The third-order valence-electron chi connectivity index (χ3n) is 10.4. The van der Waals surface area contributed by atoms with Gasteiger partial charge in [0.2, 0.25) is 23.9 Å². The number of nitrogens with zero attached hydrogens (tertiary/aromatic N) is 2. The summed E-state index contributed by atoms with van der Waals surface area (Å²) in [4.78, 5) is 54.3. The van der Waals surface area contributed by atoms with Crippen LogP contribution in [0.5, 0.6) is 0 Å². The first kappa shape index (κ1) is 42.1. The molecule has 4 N–H and O–H groups in total. The van der Waals surface area contributed by atoms with Crippen LogP contribution in [0.1, 0.15) is 85.3 Å². The van der Waals surface area contributed by atoms with E-state index in [1.54, 1.807) is 0 Å². The van der Waals surface area contributed by atoms with E-state index in [-0.39, 0.29) is 21.7 Å². The molecule has 2 saturated heterocycles.